The number of rotatable bonds is 7. The van der Waals surface area contributed by atoms with Crippen LogP contribution in [0, 0.1) is 0 Å². The Morgan fingerprint density at radius 1 is 1.39 bits per heavy atom. The molecule has 0 bridgehead atoms. The second-order valence-corrected chi connectivity index (χ2v) is 4.33. The van der Waals surface area contributed by atoms with Crippen LogP contribution in [0.2, 0.25) is 0 Å². The van der Waals surface area contributed by atoms with E-state index in [-0.39, 0.29) is 6.54 Å². The molecular formula is C12H19F3N2O. The minimum absolute atomic E-state index is 0.235. The van der Waals surface area contributed by atoms with Crippen molar-refractivity contribution in [1.82, 2.24) is 10.2 Å². The van der Waals surface area contributed by atoms with Crippen LogP contribution in [0.5, 0.6) is 0 Å². The van der Waals surface area contributed by atoms with Gasteiger partial charge in [-0.2, -0.15) is 13.2 Å². The van der Waals surface area contributed by atoms with Gasteiger partial charge < -0.3 is 9.73 Å². The smallest absolute Gasteiger partial charge is 0.401 e. The lowest BCUT2D eigenvalue weighted by Crippen LogP contribution is -2.30. The first kappa shape index (κ1) is 15.0. The van der Waals surface area contributed by atoms with Gasteiger partial charge in [0.2, 0.25) is 0 Å². The van der Waals surface area contributed by atoms with Crippen molar-refractivity contribution >= 4 is 0 Å². The molecule has 6 heteroatoms. The fourth-order valence-corrected chi connectivity index (χ4v) is 1.69. The summed E-state index contributed by atoms with van der Waals surface area (Å²) in [5.41, 5.74) is 0.797. The van der Waals surface area contributed by atoms with E-state index in [1.165, 1.54) is 18.2 Å². The summed E-state index contributed by atoms with van der Waals surface area (Å²) >= 11 is 0. The first-order chi connectivity index (χ1) is 8.42. The molecule has 0 saturated carbocycles. The van der Waals surface area contributed by atoms with Crippen molar-refractivity contribution in [3.05, 3.63) is 23.7 Å². The number of furan rings is 1. The lowest BCUT2D eigenvalue weighted by atomic mass is 10.2. The molecule has 1 aromatic heterocycles. The zero-order chi connectivity index (χ0) is 13.6. The number of halogens is 3. The van der Waals surface area contributed by atoms with Gasteiger partial charge in [-0.3, -0.25) is 4.90 Å². The molecule has 0 aliphatic rings. The highest BCUT2D eigenvalue weighted by Gasteiger charge is 2.29. The summed E-state index contributed by atoms with van der Waals surface area (Å²) < 4.78 is 41.9. The summed E-state index contributed by atoms with van der Waals surface area (Å²) in [4.78, 5) is 1.23. The lowest BCUT2D eigenvalue weighted by Gasteiger charge is -2.18. The molecule has 1 aromatic rings. The number of hydrogen-bond donors (Lipinski definition) is 1. The van der Waals surface area contributed by atoms with Crippen LogP contribution < -0.4 is 5.32 Å². The summed E-state index contributed by atoms with van der Waals surface area (Å²) in [5.74, 6) is 0.706. The van der Waals surface area contributed by atoms with Gasteiger partial charge in [-0.15, -0.1) is 0 Å². The topological polar surface area (TPSA) is 28.4 Å². The van der Waals surface area contributed by atoms with Gasteiger partial charge >= 0.3 is 6.18 Å². The Labute approximate surface area is 105 Å². The van der Waals surface area contributed by atoms with Crippen molar-refractivity contribution in [3.63, 3.8) is 0 Å². The van der Waals surface area contributed by atoms with E-state index in [1.807, 2.05) is 6.92 Å². The van der Waals surface area contributed by atoms with E-state index in [4.69, 9.17) is 4.42 Å². The predicted molar refractivity (Wildman–Crippen MR) is 63.1 cm³/mol. The average molecular weight is 264 g/mol. The summed E-state index contributed by atoms with van der Waals surface area (Å²) in [5, 5.41) is 3.16. The van der Waals surface area contributed by atoms with Crippen molar-refractivity contribution < 1.29 is 17.6 Å². The Hall–Kier alpha value is -1.01. The van der Waals surface area contributed by atoms with E-state index in [9.17, 15) is 13.2 Å². The largest absolute Gasteiger partial charge is 0.468 e. The van der Waals surface area contributed by atoms with Crippen molar-refractivity contribution in [2.45, 2.75) is 32.6 Å². The maximum atomic E-state index is 12.2. The summed E-state index contributed by atoms with van der Waals surface area (Å²) in [6.45, 7) is 2.78. The Kier molecular flexibility index (Phi) is 5.68. The molecule has 104 valence electrons. The van der Waals surface area contributed by atoms with Gasteiger partial charge in [0.1, 0.15) is 5.76 Å². The number of hydrogen-bond acceptors (Lipinski definition) is 3. The van der Waals surface area contributed by atoms with Gasteiger partial charge in [0.05, 0.1) is 19.4 Å². The van der Waals surface area contributed by atoms with Crippen LogP contribution in [0.25, 0.3) is 0 Å². The minimum Gasteiger partial charge on any atom is -0.468 e. The quantitative estimate of drug-likeness (QED) is 0.768. The average Bonchev–Trinajstić information content (AvgIpc) is 2.63. The van der Waals surface area contributed by atoms with Crippen molar-refractivity contribution in [2.24, 2.45) is 0 Å². The first-order valence-electron chi connectivity index (χ1n) is 5.93. The molecule has 0 saturated heterocycles. The van der Waals surface area contributed by atoms with E-state index in [1.54, 1.807) is 6.07 Å². The standard InChI is InChI=1S/C12H19F3N2O/c1-3-5-16-7-11-10(4-6-18-11)8-17(2)9-12(13,14)15/h4,6,16H,3,5,7-9H2,1-2H3. The second kappa shape index (κ2) is 6.80. The SMILES string of the molecule is CCCNCc1occc1CN(C)CC(F)(F)F. The molecule has 0 unspecified atom stereocenters. The highest BCUT2D eigenvalue weighted by atomic mass is 19.4. The normalized spacial score (nSPS) is 12.3. The molecule has 0 radical (unpaired) electrons. The highest BCUT2D eigenvalue weighted by Crippen LogP contribution is 2.18. The first-order valence-corrected chi connectivity index (χ1v) is 5.93. The third-order valence-electron chi connectivity index (χ3n) is 2.44. The van der Waals surface area contributed by atoms with Crippen molar-refractivity contribution in [2.75, 3.05) is 20.1 Å². The van der Waals surface area contributed by atoms with Gasteiger partial charge in [-0.25, -0.2) is 0 Å². The van der Waals surface area contributed by atoms with Crippen molar-refractivity contribution in [1.29, 1.82) is 0 Å². The van der Waals surface area contributed by atoms with Gasteiger partial charge in [-0.05, 0) is 26.1 Å². The third kappa shape index (κ3) is 5.55. The zero-order valence-electron chi connectivity index (χ0n) is 10.7. The van der Waals surface area contributed by atoms with E-state index in [0.717, 1.165) is 18.5 Å². The molecule has 0 aliphatic heterocycles. The Balaban J connectivity index is 2.48. The third-order valence-corrected chi connectivity index (χ3v) is 2.44. The molecule has 18 heavy (non-hydrogen) atoms. The maximum Gasteiger partial charge on any atom is 0.401 e. The Bertz CT molecular complexity index is 349. The molecule has 0 aromatic carbocycles. The van der Waals surface area contributed by atoms with Crippen LogP contribution >= 0.6 is 0 Å². The monoisotopic (exact) mass is 264 g/mol. The van der Waals surface area contributed by atoms with Crippen LogP contribution in [0.15, 0.2) is 16.7 Å². The van der Waals surface area contributed by atoms with E-state index >= 15 is 0 Å². The molecule has 1 rings (SSSR count). The number of alkyl halides is 3. The van der Waals surface area contributed by atoms with Crippen LogP contribution in [-0.2, 0) is 13.1 Å². The van der Waals surface area contributed by atoms with Crippen LogP contribution in [0.3, 0.4) is 0 Å². The lowest BCUT2D eigenvalue weighted by molar-refractivity contribution is -0.144. The van der Waals surface area contributed by atoms with Crippen LogP contribution in [-0.4, -0.2) is 31.2 Å². The summed E-state index contributed by atoms with van der Waals surface area (Å²) in [6, 6.07) is 1.72. The van der Waals surface area contributed by atoms with Gasteiger partial charge in [0.15, 0.2) is 0 Å². The fourth-order valence-electron chi connectivity index (χ4n) is 1.69. The van der Waals surface area contributed by atoms with Crippen LogP contribution in [0.1, 0.15) is 24.7 Å². The van der Waals surface area contributed by atoms with Crippen molar-refractivity contribution in [3.8, 4) is 0 Å². The number of nitrogens with zero attached hydrogens (tertiary/aromatic N) is 1. The molecule has 0 atom stereocenters. The van der Waals surface area contributed by atoms with E-state index in [0.29, 0.717) is 12.3 Å². The molecule has 0 fully saturated rings. The van der Waals surface area contributed by atoms with E-state index < -0.39 is 12.7 Å². The maximum absolute atomic E-state index is 12.2. The van der Waals surface area contributed by atoms with Gasteiger partial charge in [0.25, 0.3) is 0 Å². The zero-order valence-corrected chi connectivity index (χ0v) is 10.7. The molecular weight excluding hydrogens is 245 g/mol. The Morgan fingerprint density at radius 3 is 2.72 bits per heavy atom. The minimum atomic E-state index is -4.17. The molecule has 1 N–H and O–H groups in total. The van der Waals surface area contributed by atoms with Crippen LogP contribution in [0.4, 0.5) is 13.2 Å². The molecule has 0 spiro atoms. The predicted octanol–water partition coefficient (Wildman–Crippen LogP) is 2.77. The van der Waals surface area contributed by atoms with E-state index in [2.05, 4.69) is 5.32 Å². The Morgan fingerprint density at radius 2 is 2.11 bits per heavy atom. The molecule has 0 aliphatic carbocycles. The summed E-state index contributed by atoms with van der Waals surface area (Å²) in [7, 11) is 1.45. The second-order valence-electron chi connectivity index (χ2n) is 4.33. The number of nitrogens with one attached hydrogen (secondary N) is 1. The molecule has 0 amide bonds. The molecule has 1 heterocycles. The molecule has 3 nitrogen and oxygen atoms in total. The van der Waals surface area contributed by atoms with Gasteiger partial charge in [0, 0.05) is 12.1 Å². The van der Waals surface area contributed by atoms with Gasteiger partial charge in [-0.1, -0.05) is 6.92 Å². The highest BCUT2D eigenvalue weighted by molar-refractivity contribution is 5.16. The summed E-state index contributed by atoms with van der Waals surface area (Å²) in [6.07, 6.45) is -1.65. The fraction of sp³-hybridized carbons (Fsp3) is 0.667.